The third kappa shape index (κ3) is 5.70. The van der Waals surface area contributed by atoms with Crippen LogP contribution in [0.1, 0.15) is 43.4 Å². The van der Waals surface area contributed by atoms with Gasteiger partial charge in [-0.1, -0.05) is 41.9 Å². The average Bonchev–Trinajstić information content (AvgIpc) is 3.62. The number of benzene rings is 1. The number of nitrogens with zero attached hydrogens (tertiary/aromatic N) is 3. The summed E-state index contributed by atoms with van der Waals surface area (Å²) < 4.78 is 7.69. The number of hydrogen-bond acceptors (Lipinski definition) is 5. The normalized spacial score (nSPS) is 17.7. The van der Waals surface area contributed by atoms with E-state index in [0.717, 1.165) is 35.6 Å². The Bertz CT molecular complexity index is 998. The number of quaternary nitrogens is 1. The Labute approximate surface area is 193 Å². The summed E-state index contributed by atoms with van der Waals surface area (Å²) in [7, 11) is 0. The Morgan fingerprint density at radius 2 is 1.94 bits per heavy atom. The molecule has 1 saturated carbocycles. The minimum atomic E-state index is -0.486. The van der Waals surface area contributed by atoms with Gasteiger partial charge < -0.3 is 14.5 Å². The smallest absolute Gasteiger partial charge is 0.326 e. The predicted octanol–water partition coefficient (Wildman–Crippen LogP) is 3.73. The third-order valence-electron chi connectivity index (χ3n) is 6.58. The van der Waals surface area contributed by atoms with Crippen LogP contribution >= 0.6 is 11.6 Å². The molecule has 4 rings (SSSR count). The predicted molar refractivity (Wildman–Crippen MR) is 124 cm³/mol. The molecule has 1 aliphatic carbocycles. The standard InChI is InChI=1S/C24H32ClN4O3/c1-18-22(25)27-23(26-17-29(15-19-10-11-19)12-6-3-7-13-29)24(31)28(18)14-21(30)32-16-20-8-4-2-5-9-20/h2,4-5,8-9,19H,3,6-7,10-17H2,1H3,(H,26,27)/q+1. The Hall–Kier alpha value is -2.38. The maximum atomic E-state index is 13.1. The minimum Gasteiger partial charge on any atom is -0.459 e. The highest BCUT2D eigenvalue weighted by atomic mass is 35.5. The molecule has 7 nitrogen and oxygen atoms in total. The van der Waals surface area contributed by atoms with Gasteiger partial charge in [-0.15, -0.1) is 0 Å². The van der Waals surface area contributed by atoms with Gasteiger partial charge in [-0.05, 0) is 44.6 Å². The molecule has 32 heavy (non-hydrogen) atoms. The number of ether oxygens (including phenoxy) is 1. The molecule has 1 aromatic heterocycles. The van der Waals surface area contributed by atoms with E-state index in [0.29, 0.717) is 12.4 Å². The second-order valence-corrected chi connectivity index (χ2v) is 9.54. The lowest BCUT2D eigenvalue weighted by Crippen LogP contribution is -2.55. The van der Waals surface area contributed by atoms with E-state index in [1.165, 1.54) is 36.7 Å². The molecule has 0 amide bonds. The molecule has 1 aromatic carbocycles. The Kier molecular flexibility index (Phi) is 7.16. The molecule has 1 saturated heterocycles. The van der Waals surface area contributed by atoms with E-state index in [1.54, 1.807) is 6.92 Å². The van der Waals surface area contributed by atoms with Crippen LogP contribution in [0.15, 0.2) is 35.1 Å². The fourth-order valence-corrected chi connectivity index (χ4v) is 4.70. The van der Waals surface area contributed by atoms with E-state index in [-0.39, 0.29) is 29.7 Å². The van der Waals surface area contributed by atoms with Gasteiger partial charge >= 0.3 is 5.97 Å². The second kappa shape index (κ2) is 10.0. The number of piperidine rings is 1. The minimum absolute atomic E-state index is 0.165. The van der Waals surface area contributed by atoms with Crippen molar-refractivity contribution in [1.82, 2.24) is 9.55 Å². The van der Waals surface area contributed by atoms with Crippen LogP contribution in [-0.2, 0) is 22.7 Å². The second-order valence-electron chi connectivity index (χ2n) is 9.18. The molecule has 0 radical (unpaired) electrons. The fraction of sp³-hybridized carbons (Fsp3) is 0.542. The molecular formula is C24H32ClN4O3+. The fourth-order valence-electron chi connectivity index (χ4n) is 4.52. The van der Waals surface area contributed by atoms with Crippen LogP contribution in [-0.4, -0.2) is 46.3 Å². The highest BCUT2D eigenvalue weighted by molar-refractivity contribution is 6.30. The number of anilines is 1. The summed E-state index contributed by atoms with van der Waals surface area (Å²) >= 11 is 6.33. The number of carbonyl (C=O) groups excluding carboxylic acids is 1. The first-order valence-electron chi connectivity index (χ1n) is 11.5. The number of rotatable bonds is 9. The summed E-state index contributed by atoms with van der Waals surface area (Å²) in [4.78, 5) is 29.9. The largest absolute Gasteiger partial charge is 0.459 e. The van der Waals surface area contributed by atoms with Crippen LogP contribution in [0, 0.1) is 12.8 Å². The van der Waals surface area contributed by atoms with Crippen molar-refractivity contribution in [3.8, 4) is 0 Å². The molecule has 2 heterocycles. The number of likely N-dealkylation sites (tertiary alicyclic amines) is 1. The van der Waals surface area contributed by atoms with Gasteiger partial charge in [0, 0.05) is 5.92 Å². The number of carbonyl (C=O) groups is 1. The Balaban J connectivity index is 1.45. The van der Waals surface area contributed by atoms with Crippen molar-refractivity contribution in [3.63, 3.8) is 0 Å². The molecule has 1 N–H and O–H groups in total. The molecule has 0 unspecified atom stereocenters. The molecule has 2 fully saturated rings. The number of hydrogen-bond donors (Lipinski definition) is 1. The lowest BCUT2D eigenvalue weighted by atomic mass is 10.1. The van der Waals surface area contributed by atoms with Gasteiger partial charge in [-0.3, -0.25) is 14.2 Å². The van der Waals surface area contributed by atoms with Crippen molar-refractivity contribution < 1.29 is 14.0 Å². The molecule has 172 valence electrons. The SMILES string of the molecule is Cc1c(Cl)nc(NC[N+]2(CC3CC3)CCCCC2)c(=O)n1CC(=O)OCc1ccccc1. The van der Waals surface area contributed by atoms with Gasteiger partial charge in [0.05, 0.1) is 25.3 Å². The van der Waals surface area contributed by atoms with E-state index in [1.807, 2.05) is 30.3 Å². The van der Waals surface area contributed by atoms with Crippen molar-refractivity contribution in [2.75, 3.05) is 31.6 Å². The Morgan fingerprint density at radius 3 is 2.62 bits per heavy atom. The molecular weight excluding hydrogens is 428 g/mol. The zero-order valence-corrected chi connectivity index (χ0v) is 19.4. The summed E-state index contributed by atoms with van der Waals surface area (Å²) in [6, 6.07) is 9.45. The average molecular weight is 460 g/mol. The van der Waals surface area contributed by atoms with Gasteiger partial charge in [0.2, 0.25) is 0 Å². The van der Waals surface area contributed by atoms with E-state index < -0.39 is 5.97 Å². The first-order chi connectivity index (χ1) is 15.5. The molecule has 2 aliphatic rings. The number of nitrogens with one attached hydrogen (secondary N) is 1. The zero-order chi connectivity index (χ0) is 22.6. The van der Waals surface area contributed by atoms with E-state index in [4.69, 9.17) is 16.3 Å². The maximum Gasteiger partial charge on any atom is 0.326 e. The topological polar surface area (TPSA) is 73.2 Å². The summed E-state index contributed by atoms with van der Waals surface area (Å²) in [5, 5.41) is 3.51. The lowest BCUT2D eigenvalue weighted by Gasteiger charge is -2.41. The van der Waals surface area contributed by atoms with E-state index >= 15 is 0 Å². The van der Waals surface area contributed by atoms with Crippen molar-refractivity contribution in [2.45, 2.75) is 52.2 Å². The number of aromatic nitrogens is 2. The maximum absolute atomic E-state index is 13.1. The van der Waals surface area contributed by atoms with Gasteiger partial charge in [-0.2, -0.15) is 0 Å². The van der Waals surface area contributed by atoms with Crippen LogP contribution < -0.4 is 10.9 Å². The van der Waals surface area contributed by atoms with Gasteiger partial charge in [0.25, 0.3) is 5.56 Å². The van der Waals surface area contributed by atoms with Crippen LogP contribution in [0.3, 0.4) is 0 Å². The first-order valence-corrected chi connectivity index (χ1v) is 11.9. The van der Waals surface area contributed by atoms with E-state index in [9.17, 15) is 9.59 Å². The van der Waals surface area contributed by atoms with Gasteiger partial charge in [0.1, 0.15) is 13.2 Å². The van der Waals surface area contributed by atoms with E-state index in [2.05, 4.69) is 10.3 Å². The molecule has 2 aromatic rings. The molecule has 0 atom stereocenters. The summed E-state index contributed by atoms with van der Waals surface area (Å²) in [6.07, 6.45) is 6.33. The van der Waals surface area contributed by atoms with Crippen molar-refractivity contribution in [1.29, 1.82) is 0 Å². The van der Waals surface area contributed by atoms with Crippen LogP contribution in [0.25, 0.3) is 0 Å². The number of esters is 1. The number of halogens is 1. The monoisotopic (exact) mass is 459 g/mol. The van der Waals surface area contributed by atoms with Crippen LogP contribution in [0.4, 0.5) is 5.82 Å². The zero-order valence-electron chi connectivity index (χ0n) is 18.7. The van der Waals surface area contributed by atoms with Crippen LogP contribution in [0.2, 0.25) is 5.15 Å². The molecule has 1 aliphatic heterocycles. The molecule has 0 bridgehead atoms. The van der Waals surface area contributed by atoms with Crippen molar-refractivity contribution in [3.05, 3.63) is 57.1 Å². The summed E-state index contributed by atoms with van der Waals surface area (Å²) in [5.74, 6) is 0.524. The highest BCUT2D eigenvalue weighted by Gasteiger charge is 2.37. The van der Waals surface area contributed by atoms with Crippen molar-refractivity contribution in [2.24, 2.45) is 5.92 Å². The third-order valence-corrected chi connectivity index (χ3v) is 6.94. The van der Waals surface area contributed by atoms with Gasteiger partial charge in [0.15, 0.2) is 17.6 Å². The summed E-state index contributed by atoms with van der Waals surface area (Å²) in [6.45, 7) is 5.74. The molecule has 8 heteroatoms. The Morgan fingerprint density at radius 1 is 1.22 bits per heavy atom. The quantitative estimate of drug-likeness (QED) is 0.457. The highest BCUT2D eigenvalue weighted by Crippen LogP contribution is 2.34. The molecule has 0 spiro atoms. The van der Waals surface area contributed by atoms with Gasteiger partial charge in [-0.25, -0.2) is 4.98 Å². The first kappa shape index (κ1) is 22.8. The summed E-state index contributed by atoms with van der Waals surface area (Å²) in [5.41, 5.74) is 1.01. The lowest BCUT2D eigenvalue weighted by molar-refractivity contribution is -0.931. The van der Waals surface area contributed by atoms with Crippen molar-refractivity contribution >= 4 is 23.4 Å². The van der Waals surface area contributed by atoms with Crippen LogP contribution in [0.5, 0.6) is 0 Å².